The van der Waals surface area contributed by atoms with E-state index < -0.39 is 83.1 Å². The van der Waals surface area contributed by atoms with Gasteiger partial charge < -0.3 is 39.2 Å². The van der Waals surface area contributed by atoms with Crippen LogP contribution in [0.15, 0.2) is 5.11 Å². The van der Waals surface area contributed by atoms with E-state index in [4.69, 9.17) is 24.5 Å². The summed E-state index contributed by atoms with van der Waals surface area (Å²) in [6.07, 6.45) is -6.24. The Balaban J connectivity index is 2.63. The van der Waals surface area contributed by atoms with Crippen LogP contribution in [0.3, 0.4) is 0 Å². The molecular weight excluding hydrogens is 576 g/mol. The molecule has 0 unspecified atom stereocenters. The molecule has 2 heterocycles. The van der Waals surface area contributed by atoms with Crippen LogP contribution in [-0.4, -0.2) is 120 Å². The van der Waals surface area contributed by atoms with Gasteiger partial charge in [-0.25, -0.2) is 0 Å². The molecule has 0 bridgehead atoms. The first kappa shape index (κ1) is 38.0. The molecule has 252 valence electrons. The number of azide groups is 1. The van der Waals surface area contributed by atoms with Gasteiger partial charge in [0.2, 0.25) is 0 Å². The third kappa shape index (κ3) is 8.35. The van der Waals surface area contributed by atoms with Gasteiger partial charge in [-0.2, -0.15) is 0 Å². The van der Waals surface area contributed by atoms with Gasteiger partial charge in [-0.3, -0.25) is 14.4 Å². The third-order valence-corrected chi connectivity index (χ3v) is 9.49. The largest absolute Gasteiger partial charge is 0.459 e. The van der Waals surface area contributed by atoms with E-state index in [2.05, 4.69) is 10.0 Å². The number of cyclic esters (lactones) is 1. The Hall–Kier alpha value is -2.16. The van der Waals surface area contributed by atoms with E-state index >= 15 is 0 Å². The lowest BCUT2D eigenvalue weighted by Gasteiger charge is -2.47. The molecule has 0 radical (unpaired) electrons. The monoisotopic (exact) mass is 628 g/mol. The number of hydrogen-bond acceptors (Lipinski definition) is 12. The van der Waals surface area contributed by atoms with Crippen LogP contribution < -0.4 is 0 Å². The van der Waals surface area contributed by atoms with E-state index in [1.807, 2.05) is 25.9 Å². The Bertz CT molecular complexity index is 1070. The Kier molecular flexibility index (Phi) is 13.3. The Morgan fingerprint density at radius 1 is 1.07 bits per heavy atom. The van der Waals surface area contributed by atoms with Crippen LogP contribution in [-0.2, 0) is 33.3 Å². The summed E-state index contributed by atoms with van der Waals surface area (Å²) in [5, 5.41) is 37.3. The van der Waals surface area contributed by atoms with E-state index in [0.29, 0.717) is 6.42 Å². The van der Waals surface area contributed by atoms with Crippen LogP contribution in [0.25, 0.3) is 10.4 Å². The Morgan fingerprint density at radius 2 is 1.68 bits per heavy atom. The smallest absolute Gasteiger partial charge is 0.316 e. The first-order valence-electron chi connectivity index (χ1n) is 15.2. The highest BCUT2D eigenvalue weighted by Crippen LogP contribution is 2.38. The van der Waals surface area contributed by atoms with Gasteiger partial charge in [-0.1, -0.05) is 25.9 Å². The van der Waals surface area contributed by atoms with Crippen molar-refractivity contribution in [2.75, 3.05) is 27.7 Å². The van der Waals surface area contributed by atoms with Crippen molar-refractivity contribution in [3.63, 3.8) is 0 Å². The van der Waals surface area contributed by atoms with E-state index in [0.717, 1.165) is 0 Å². The molecule has 0 aromatic rings. The predicted molar refractivity (Wildman–Crippen MR) is 159 cm³/mol. The molecule has 13 atom stereocenters. The SMILES string of the molecule is CO[C@]1(C)C[C@@H](C)C(=O)[C@H](C)[C@@H](O)[C@](C)(O)[C@@H](CCN=[N+]=[N-])OC(=O)[C@H](C)C(=O)[C@H](C)[C@H]1O[C@@H]1O[C@H](C)C[C@H](N(C)C)[C@H]1O. The van der Waals surface area contributed by atoms with Gasteiger partial charge >= 0.3 is 5.97 Å². The number of aliphatic hydroxyl groups excluding tert-OH is 2. The maximum absolute atomic E-state index is 13.9. The zero-order valence-electron chi connectivity index (χ0n) is 27.7. The van der Waals surface area contributed by atoms with Gasteiger partial charge in [-0.15, -0.1) is 0 Å². The van der Waals surface area contributed by atoms with Gasteiger partial charge in [0.1, 0.15) is 29.5 Å². The first-order valence-corrected chi connectivity index (χ1v) is 15.2. The van der Waals surface area contributed by atoms with Crippen molar-refractivity contribution in [2.45, 2.75) is 122 Å². The molecule has 2 fully saturated rings. The molecule has 44 heavy (non-hydrogen) atoms. The molecule has 14 nitrogen and oxygen atoms in total. The third-order valence-electron chi connectivity index (χ3n) is 9.49. The van der Waals surface area contributed by atoms with Crippen molar-refractivity contribution in [1.82, 2.24) is 4.90 Å². The number of carbonyl (C=O) groups is 3. The summed E-state index contributed by atoms with van der Waals surface area (Å²) in [5.41, 5.74) is 5.30. The average Bonchev–Trinajstić information content (AvgIpc) is 2.97. The van der Waals surface area contributed by atoms with E-state index in [1.54, 1.807) is 20.8 Å². The highest BCUT2D eigenvalue weighted by molar-refractivity contribution is 6.00. The summed E-state index contributed by atoms with van der Waals surface area (Å²) in [6, 6.07) is -0.297. The van der Waals surface area contributed by atoms with Crippen LogP contribution in [0.2, 0.25) is 0 Å². The molecule has 0 amide bonds. The number of hydrogen-bond donors (Lipinski definition) is 3. The lowest BCUT2D eigenvalue weighted by Crippen LogP contribution is -2.60. The van der Waals surface area contributed by atoms with Gasteiger partial charge in [-0.05, 0) is 66.6 Å². The van der Waals surface area contributed by atoms with E-state index in [9.17, 15) is 29.7 Å². The van der Waals surface area contributed by atoms with Crippen molar-refractivity contribution < 1.29 is 48.7 Å². The second-order valence-electron chi connectivity index (χ2n) is 13.2. The number of carbonyl (C=O) groups excluding carboxylic acids is 3. The minimum Gasteiger partial charge on any atom is -0.459 e. The normalized spacial score (nSPS) is 43.2. The van der Waals surface area contributed by atoms with E-state index in [-0.39, 0.29) is 31.5 Å². The fourth-order valence-electron chi connectivity index (χ4n) is 6.51. The number of nitrogens with zero attached hydrogens (tertiary/aromatic N) is 4. The molecule has 14 heteroatoms. The second-order valence-corrected chi connectivity index (χ2v) is 13.2. The van der Waals surface area contributed by atoms with Crippen molar-refractivity contribution >= 4 is 17.5 Å². The highest BCUT2D eigenvalue weighted by atomic mass is 16.7. The number of aliphatic hydroxyl groups is 3. The molecule has 0 aliphatic carbocycles. The number of rotatable bonds is 7. The van der Waals surface area contributed by atoms with Gasteiger partial charge in [0.15, 0.2) is 12.1 Å². The van der Waals surface area contributed by atoms with E-state index in [1.165, 1.54) is 27.9 Å². The van der Waals surface area contributed by atoms with Gasteiger partial charge in [0.25, 0.3) is 0 Å². The molecule has 3 N–H and O–H groups in total. The number of esters is 1. The average molecular weight is 629 g/mol. The number of methoxy groups -OCH3 is 1. The van der Waals surface area contributed by atoms with Crippen LogP contribution >= 0.6 is 0 Å². The van der Waals surface area contributed by atoms with Crippen LogP contribution in [0.4, 0.5) is 0 Å². The summed E-state index contributed by atoms with van der Waals surface area (Å²) < 4.78 is 24.0. The quantitative estimate of drug-likeness (QED) is 0.122. The summed E-state index contributed by atoms with van der Waals surface area (Å²) in [6.45, 7) is 10.7. The van der Waals surface area contributed by atoms with Crippen molar-refractivity contribution in [3.8, 4) is 0 Å². The summed E-state index contributed by atoms with van der Waals surface area (Å²) in [7, 11) is 5.10. The number of likely N-dealkylation sites (N-methyl/N-ethyl adjacent to an activating group) is 1. The number of Topliss-reactive ketones (excluding diaryl/α,β-unsaturated/α-hetero) is 2. The van der Waals surface area contributed by atoms with Crippen LogP contribution in [0.1, 0.15) is 67.7 Å². The summed E-state index contributed by atoms with van der Waals surface area (Å²) >= 11 is 0. The number of ketones is 2. The maximum Gasteiger partial charge on any atom is 0.316 e. The Morgan fingerprint density at radius 3 is 2.23 bits per heavy atom. The van der Waals surface area contributed by atoms with Crippen LogP contribution in [0, 0.1) is 23.7 Å². The molecule has 2 aliphatic rings. The molecule has 0 spiro atoms. The van der Waals surface area contributed by atoms with Crippen molar-refractivity contribution in [3.05, 3.63) is 10.4 Å². The Labute approximate surface area is 260 Å². The minimum atomic E-state index is -2.13. The standard InChI is InChI=1S/C30H52N4O10/c1-15-14-29(6,41-10)26(44-28-24(37)20(34(8)9)13-16(2)42-28)18(4)23(36)19(5)27(39)43-21(11-12-32-33-31)30(7,40)25(38)17(3)22(15)35/h15-21,24-26,28,37-38,40H,11-14H2,1-10H3/t15-,16-,17+,18+,19-,20+,21-,24-,25-,26-,28+,29-,30-/m1/s1. The van der Waals surface area contributed by atoms with Gasteiger partial charge in [0, 0.05) is 42.4 Å². The predicted octanol–water partition coefficient (Wildman–Crippen LogP) is 2.01. The molecule has 2 aliphatic heterocycles. The molecule has 0 aromatic heterocycles. The zero-order valence-corrected chi connectivity index (χ0v) is 27.7. The molecular formula is C30H52N4O10. The van der Waals surface area contributed by atoms with Crippen molar-refractivity contribution in [1.29, 1.82) is 0 Å². The summed E-state index contributed by atoms with van der Waals surface area (Å²) in [4.78, 5) is 45.5. The lowest BCUT2D eigenvalue weighted by atomic mass is 9.74. The fraction of sp³-hybridized carbons (Fsp3) is 0.900. The molecule has 0 aromatic carbocycles. The van der Waals surface area contributed by atoms with Gasteiger partial charge in [0.05, 0.1) is 23.9 Å². The van der Waals surface area contributed by atoms with Crippen molar-refractivity contribution in [2.24, 2.45) is 28.8 Å². The topological polar surface area (TPSA) is 201 Å². The maximum atomic E-state index is 13.9. The number of ether oxygens (including phenoxy) is 4. The molecule has 0 saturated carbocycles. The first-order chi connectivity index (χ1) is 20.3. The zero-order chi connectivity index (χ0) is 33.7. The van der Waals surface area contributed by atoms with Crippen LogP contribution in [0.5, 0.6) is 0 Å². The molecule has 2 rings (SSSR count). The minimum absolute atomic E-state index is 0.0401. The second kappa shape index (κ2) is 15.4. The highest BCUT2D eigenvalue weighted by Gasteiger charge is 2.52. The lowest BCUT2D eigenvalue weighted by molar-refractivity contribution is -0.295. The fourth-order valence-corrected chi connectivity index (χ4v) is 6.51. The summed E-state index contributed by atoms with van der Waals surface area (Å²) in [5.74, 6) is -6.14. The molecule has 2 saturated heterocycles.